The predicted molar refractivity (Wildman–Crippen MR) is 188 cm³/mol. The molecule has 4 N–H and O–H groups in total. The molecule has 14 heteroatoms. The third-order valence-electron chi connectivity index (χ3n) is 9.09. The van der Waals surface area contributed by atoms with Gasteiger partial charge in [0.15, 0.2) is 0 Å². The minimum absolute atomic E-state index is 0.146. The zero-order valence-corrected chi connectivity index (χ0v) is 28.1. The number of para-hydroxylation sites is 1. The Morgan fingerprint density at radius 2 is 1.69 bits per heavy atom. The quantitative estimate of drug-likeness (QED) is 0.152. The van der Waals surface area contributed by atoms with E-state index in [1.54, 1.807) is 18.2 Å². The average molecular weight is 702 g/mol. The number of alkyl halides is 3. The van der Waals surface area contributed by atoms with Crippen molar-refractivity contribution < 1.29 is 32.3 Å². The van der Waals surface area contributed by atoms with Gasteiger partial charge < -0.3 is 25.6 Å². The van der Waals surface area contributed by atoms with Crippen LogP contribution in [-0.4, -0.2) is 67.9 Å². The molecule has 3 amide bonds. The van der Waals surface area contributed by atoms with Gasteiger partial charge in [-0.25, -0.2) is 4.98 Å². The fourth-order valence-electron chi connectivity index (χ4n) is 6.33. The number of carbonyl (C=O) groups excluding carboxylic acids is 3. The maximum Gasteiger partial charge on any atom is 0.419 e. The molecular formula is C37H38F3N7O4. The number of hydrogen-bond donors (Lipinski definition) is 4. The molecule has 3 heterocycles. The van der Waals surface area contributed by atoms with Crippen LogP contribution < -0.4 is 30.9 Å². The van der Waals surface area contributed by atoms with Crippen molar-refractivity contribution in [1.82, 2.24) is 20.5 Å². The van der Waals surface area contributed by atoms with Gasteiger partial charge in [-0.05, 0) is 41.8 Å². The van der Waals surface area contributed by atoms with Crippen molar-refractivity contribution in [1.29, 1.82) is 0 Å². The number of carbonyl (C=O) groups is 3. The van der Waals surface area contributed by atoms with Crippen molar-refractivity contribution in [2.24, 2.45) is 0 Å². The topological polar surface area (TPSA) is 128 Å². The van der Waals surface area contributed by atoms with Gasteiger partial charge in [0.25, 0.3) is 5.91 Å². The molecule has 6 rings (SSSR count). The summed E-state index contributed by atoms with van der Waals surface area (Å²) in [5.74, 6) is -0.567. The second-order valence-corrected chi connectivity index (χ2v) is 12.4. The molecule has 0 saturated carbocycles. The second-order valence-electron chi connectivity index (χ2n) is 12.4. The molecule has 1 aromatic heterocycles. The first-order valence-electron chi connectivity index (χ1n) is 16.5. The maximum atomic E-state index is 14.0. The Morgan fingerprint density at radius 3 is 2.37 bits per heavy atom. The lowest BCUT2D eigenvalue weighted by molar-refractivity contribution is -0.137. The number of imide groups is 1. The molecule has 2 aliphatic rings. The number of ether oxygens (including phenoxy) is 1. The Kier molecular flexibility index (Phi) is 10.4. The Labute approximate surface area is 293 Å². The zero-order chi connectivity index (χ0) is 36.1. The summed E-state index contributed by atoms with van der Waals surface area (Å²) in [5.41, 5.74) is 2.67. The molecule has 51 heavy (non-hydrogen) atoms. The number of benzene rings is 3. The lowest BCUT2D eigenvalue weighted by Crippen LogP contribution is -2.46. The average Bonchev–Trinajstić information content (AvgIpc) is 3.12. The van der Waals surface area contributed by atoms with E-state index in [-0.39, 0.29) is 40.5 Å². The highest BCUT2D eigenvalue weighted by Crippen LogP contribution is 2.39. The van der Waals surface area contributed by atoms with Crippen LogP contribution in [0.3, 0.4) is 0 Å². The van der Waals surface area contributed by atoms with E-state index in [0.29, 0.717) is 24.3 Å². The lowest BCUT2D eigenvalue weighted by atomic mass is 9.90. The van der Waals surface area contributed by atoms with Crippen LogP contribution in [0.2, 0.25) is 0 Å². The van der Waals surface area contributed by atoms with E-state index in [4.69, 9.17) is 4.74 Å². The van der Waals surface area contributed by atoms with Crippen molar-refractivity contribution in [2.75, 3.05) is 55.9 Å². The normalized spacial score (nSPS) is 16.7. The van der Waals surface area contributed by atoms with Crippen LogP contribution in [0.5, 0.6) is 5.75 Å². The van der Waals surface area contributed by atoms with Crippen molar-refractivity contribution in [3.63, 3.8) is 0 Å². The monoisotopic (exact) mass is 701 g/mol. The number of aromatic nitrogens is 1. The summed E-state index contributed by atoms with van der Waals surface area (Å²) < 4.78 is 47.6. The van der Waals surface area contributed by atoms with Crippen LogP contribution in [-0.2, 0) is 22.3 Å². The smallest absolute Gasteiger partial charge is 0.419 e. The summed E-state index contributed by atoms with van der Waals surface area (Å²) in [5, 5.41) is 10.8. The molecular weight excluding hydrogens is 663 g/mol. The molecule has 11 nitrogen and oxygen atoms in total. The minimum Gasteiger partial charge on any atom is -0.494 e. The fraction of sp³-hybridized carbons (Fsp3) is 0.297. The number of anilines is 5. The molecule has 0 aliphatic carbocycles. The number of halogens is 3. The summed E-state index contributed by atoms with van der Waals surface area (Å²) in [6, 6.07) is 21.2. The van der Waals surface area contributed by atoms with Gasteiger partial charge in [-0.2, -0.15) is 13.2 Å². The van der Waals surface area contributed by atoms with Gasteiger partial charge in [0.1, 0.15) is 11.6 Å². The standard InChI is InChI=1S/C37H38F3N7O4/c1-41-35(49)27-5-3-4-6-29(27)43-31-20-33(42-21-28(31)37(38,39)40)44-30-13-11-25(19-32(30)51-2)47-17-15-46(16-18-47)22-23-7-9-24(10-8-23)26-12-14-34(48)45-36(26)50/h3-11,13,19-21,26H,12,14-18,22H2,1-2H3,(H,41,49)(H2,42,43,44)(H,45,48,50). The molecule has 266 valence electrons. The Hall–Kier alpha value is -5.63. The summed E-state index contributed by atoms with van der Waals surface area (Å²) in [7, 11) is 2.97. The highest BCUT2D eigenvalue weighted by Gasteiger charge is 2.35. The van der Waals surface area contributed by atoms with Crippen LogP contribution >= 0.6 is 0 Å². The summed E-state index contributed by atoms with van der Waals surface area (Å²) in [6.45, 7) is 3.97. The van der Waals surface area contributed by atoms with Crippen molar-refractivity contribution >= 4 is 46.3 Å². The number of amides is 3. The summed E-state index contributed by atoms with van der Waals surface area (Å²) in [6.07, 6.45) is -3.07. The molecule has 4 aromatic rings. The van der Waals surface area contributed by atoms with Gasteiger partial charge in [-0.15, -0.1) is 0 Å². The fourth-order valence-corrected chi connectivity index (χ4v) is 6.33. The SMILES string of the molecule is CNC(=O)c1ccccc1Nc1cc(Nc2ccc(N3CCN(Cc4ccc(C5CCC(=O)NC5=O)cc4)CC3)cc2OC)ncc1C(F)(F)F. The molecule has 3 aromatic carbocycles. The summed E-state index contributed by atoms with van der Waals surface area (Å²) >= 11 is 0. The Bertz CT molecular complexity index is 1910. The molecule has 2 fully saturated rings. The van der Waals surface area contributed by atoms with Crippen LogP contribution in [0.4, 0.5) is 41.7 Å². The van der Waals surface area contributed by atoms with E-state index in [9.17, 15) is 27.6 Å². The number of piperazine rings is 1. The molecule has 0 bridgehead atoms. The van der Waals surface area contributed by atoms with Crippen LogP contribution in [0.15, 0.2) is 79.0 Å². The van der Waals surface area contributed by atoms with Crippen LogP contribution in [0.25, 0.3) is 0 Å². The van der Waals surface area contributed by atoms with Gasteiger partial charge in [-0.3, -0.25) is 24.6 Å². The third kappa shape index (κ3) is 8.23. The van der Waals surface area contributed by atoms with E-state index in [0.717, 1.165) is 55.7 Å². The van der Waals surface area contributed by atoms with Crippen LogP contribution in [0, 0.1) is 0 Å². The maximum absolute atomic E-state index is 14.0. The van der Waals surface area contributed by atoms with Gasteiger partial charge in [0.05, 0.1) is 41.2 Å². The van der Waals surface area contributed by atoms with Crippen molar-refractivity contribution in [3.8, 4) is 5.75 Å². The number of rotatable bonds is 10. The predicted octanol–water partition coefficient (Wildman–Crippen LogP) is 5.80. The summed E-state index contributed by atoms with van der Waals surface area (Å²) in [4.78, 5) is 44.7. The van der Waals surface area contributed by atoms with E-state index in [1.807, 2.05) is 36.4 Å². The number of pyridine rings is 1. The first kappa shape index (κ1) is 35.2. The zero-order valence-electron chi connectivity index (χ0n) is 28.1. The third-order valence-corrected chi connectivity index (χ3v) is 9.09. The van der Waals surface area contributed by atoms with Crippen molar-refractivity contribution in [2.45, 2.75) is 31.5 Å². The molecule has 1 unspecified atom stereocenters. The Balaban J connectivity index is 1.10. The number of piperidine rings is 1. The minimum atomic E-state index is -4.69. The highest BCUT2D eigenvalue weighted by molar-refractivity contribution is 6.01. The first-order chi connectivity index (χ1) is 24.5. The van der Waals surface area contributed by atoms with Gasteiger partial charge in [0.2, 0.25) is 11.8 Å². The molecule has 0 radical (unpaired) electrons. The van der Waals surface area contributed by atoms with E-state index < -0.39 is 17.6 Å². The molecule has 1 atom stereocenters. The van der Waals surface area contributed by atoms with Gasteiger partial charge in [-0.1, -0.05) is 36.4 Å². The Morgan fingerprint density at radius 1 is 0.941 bits per heavy atom. The largest absolute Gasteiger partial charge is 0.494 e. The van der Waals surface area contributed by atoms with Crippen LogP contribution in [0.1, 0.15) is 45.8 Å². The van der Waals surface area contributed by atoms with E-state index in [1.165, 1.54) is 32.4 Å². The number of nitrogens with zero attached hydrogens (tertiary/aromatic N) is 3. The van der Waals surface area contributed by atoms with Crippen molar-refractivity contribution in [3.05, 3.63) is 101 Å². The highest BCUT2D eigenvalue weighted by atomic mass is 19.4. The first-order valence-corrected chi connectivity index (χ1v) is 16.5. The molecule has 2 saturated heterocycles. The lowest BCUT2D eigenvalue weighted by Gasteiger charge is -2.36. The molecule has 2 aliphatic heterocycles. The van der Waals surface area contributed by atoms with E-state index >= 15 is 0 Å². The number of methoxy groups -OCH3 is 1. The molecule has 0 spiro atoms. The second kappa shape index (κ2) is 15.1. The van der Waals surface area contributed by atoms with E-state index in [2.05, 4.69) is 36.1 Å². The number of nitrogens with one attached hydrogen (secondary N) is 4. The van der Waals surface area contributed by atoms with Gasteiger partial charge in [0, 0.05) is 70.2 Å². The number of hydrogen-bond acceptors (Lipinski definition) is 9. The van der Waals surface area contributed by atoms with Gasteiger partial charge >= 0.3 is 6.18 Å².